The fourth-order valence-corrected chi connectivity index (χ4v) is 4.18. The monoisotopic (exact) mass is 560 g/mol. The average molecular weight is 561 g/mol. The third-order valence-electron chi connectivity index (χ3n) is 5.66. The topological polar surface area (TPSA) is 151 Å². The molecule has 10 nitrogen and oxygen atoms in total. The Morgan fingerprint density at radius 2 is 1.74 bits per heavy atom. The van der Waals surface area contributed by atoms with Crippen LogP contribution in [0.5, 0.6) is 5.75 Å². The molecule has 0 saturated heterocycles. The van der Waals surface area contributed by atoms with Crippen molar-refractivity contribution >= 4 is 41.1 Å². The summed E-state index contributed by atoms with van der Waals surface area (Å²) in [5.41, 5.74) is 6.04. The molecule has 0 aliphatic carbocycles. The number of nitrogens with zero attached hydrogens (tertiary/aromatic N) is 1. The Labute approximate surface area is 233 Å². The van der Waals surface area contributed by atoms with Gasteiger partial charge in [0.05, 0.1) is 10.7 Å². The normalized spacial score (nSPS) is 12.7. The molecule has 2 aromatic rings. The van der Waals surface area contributed by atoms with Crippen molar-refractivity contribution in [3.05, 3.63) is 58.6 Å². The van der Waals surface area contributed by atoms with Crippen LogP contribution in [0.2, 0.25) is 5.02 Å². The summed E-state index contributed by atoms with van der Waals surface area (Å²) >= 11 is 6.35. The lowest BCUT2D eigenvalue weighted by atomic mass is 10.0. The van der Waals surface area contributed by atoms with Crippen LogP contribution >= 0.6 is 11.6 Å². The molecule has 2 atom stereocenters. The standard InChI is InChI=1S/C28H37ClN4O6/c1-6-16-33(26(37)21(14-15-22(30)35)31-27(38)39-28(3,4)5)24(18-10-12-19(34)13-11-18)25(36)32-23-17(2)8-7-9-20(23)29/h7-13,21,24,34H,6,14-16H2,1-5H3,(H2,30,35)(H,31,38)(H,32,36). The second-order valence-corrected chi connectivity index (χ2v) is 10.6. The molecule has 0 fully saturated rings. The van der Waals surface area contributed by atoms with Gasteiger partial charge in [-0.1, -0.05) is 42.8 Å². The van der Waals surface area contributed by atoms with Crippen molar-refractivity contribution in [3.8, 4) is 5.75 Å². The zero-order chi connectivity index (χ0) is 29.3. The number of amides is 4. The molecule has 11 heteroatoms. The Hall–Kier alpha value is -3.79. The molecule has 5 N–H and O–H groups in total. The van der Waals surface area contributed by atoms with Crippen LogP contribution in [0.3, 0.4) is 0 Å². The van der Waals surface area contributed by atoms with E-state index >= 15 is 0 Å². The molecule has 39 heavy (non-hydrogen) atoms. The SMILES string of the molecule is CCCN(C(=O)C(CCC(N)=O)NC(=O)OC(C)(C)C)C(C(=O)Nc1c(C)cccc1Cl)c1ccc(O)cc1. The van der Waals surface area contributed by atoms with Gasteiger partial charge in [0.1, 0.15) is 23.4 Å². The molecule has 0 aromatic heterocycles. The summed E-state index contributed by atoms with van der Waals surface area (Å²) in [6.45, 7) is 8.80. The van der Waals surface area contributed by atoms with Gasteiger partial charge in [-0.15, -0.1) is 0 Å². The van der Waals surface area contributed by atoms with Gasteiger partial charge in [-0.25, -0.2) is 4.79 Å². The molecule has 0 bridgehead atoms. The molecule has 0 saturated carbocycles. The number of phenolic OH excluding ortho intramolecular Hbond substituents is 1. The summed E-state index contributed by atoms with van der Waals surface area (Å²) in [6.07, 6.45) is -0.644. The van der Waals surface area contributed by atoms with Crippen LogP contribution in [-0.2, 0) is 19.1 Å². The highest BCUT2D eigenvalue weighted by Crippen LogP contribution is 2.30. The summed E-state index contributed by atoms with van der Waals surface area (Å²) in [5, 5.41) is 15.5. The summed E-state index contributed by atoms with van der Waals surface area (Å²) in [7, 11) is 0. The van der Waals surface area contributed by atoms with Gasteiger partial charge in [0, 0.05) is 13.0 Å². The fourth-order valence-electron chi connectivity index (χ4n) is 3.91. The first kappa shape index (κ1) is 31.4. The van der Waals surface area contributed by atoms with Gasteiger partial charge in [0.25, 0.3) is 5.91 Å². The largest absolute Gasteiger partial charge is 0.508 e. The third kappa shape index (κ3) is 9.47. The molecule has 2 rings (SSSR count). The number of nitrogens with two attached hydrogens (primary N) is 1. The van der Waals surface area contributed by atoms with Gasteiger partial charge >= 0.3 is 6.09 Å². The van der Waals surface area contributed by atoms with E-state index in [0.717, 1.165) is 5.56 Å². The van der Waals surface area contributed by atoms with Crippen molar-refractivity contribution in [1.82, 2.24) is 10.2 Å². The van der Waals surface area contributed by atoms with Crippen LogP contribution in [-0.4, -0.2) is 52.0 Å². The van der Waals surface area contributed by atoms with Crippen molar-refractivity contribution < 1.29 is 29.0 Å². The zero-order valence-corrected chi connectivity index (χ0v) is 23.7. The first-order valence-corrected chi connectivity index (χ1v) is 13.0. The molecule has 0 radical (unpaired) electrons. The minimum Gasteiger partial charge on any atom is -0.508 e. The summed E-state index contributed by atoms with van der Waals surface area (Å²) in [6, 6.07) is 8.71. The van der Waals surface area contributed by atoms with Gasteiger partial charge in [0.2, 0.25) is 11.8 Å². The maximum atomic E-state index is 14.0. The van der Waals surface area contributed by atoms with Gasteiger partial charge in [-0.2, -0.15) is 0 Å². The molecule has 0 aliphatic rings. The molecule has 2 unspecified atom stereocenters. The molecule has 4 amide bonds. The number of nitrogens with one attached hydrogen (secondary N) is 2. The maximum absolute atomic E-state index is 14.0. The third-order valence-corrected chi connectivity index (χ3v) is 5.97. The smallest absolute Gasteiger partial charge is 0.408 e. The van der Waals surface area contributed by atoms with Crippen LogP contribution in [0.25, 0.3) is 0 Å². The Kier molecular flexibility index (Phi) is 11.2. The van der Waals surface area contributed by atoms with E-state index < -0.39 is 41.5 Å². The number of benzene rings is 2. The van der Waals surface area contributed by atoms with Gasteiger partial charge in [0.15, 0.2) is 0 Å². The Morgan fingerprint density at radius 1 is 1.10 bits per heavy atom. The van der Waals surface area contributed by atoms with Crippen LogP contribution in [0.4, 0.5) is 10.5 Å². The van der Waals surface area contributed by atoms with E-state index in [2.05, 4.69) is 10.6 Å². The number of phenols is 1. The minimum absolute atomic E-state index is 0.0147. The number of carbonyl (C=O) groups excluding carboxylic acids is 4. The molecule has 0 aliphatic heterocycles. The fraction of sp³-hybridized carbons (Fsp3) is 0.429. The van der Waals surface area contributed by atoms with Crippen molar-refractivity contribution in [1.29, 1.82) is 0 Å². The van der Waals surface area contributed by atoms with Crippen LogP contribution in [0.15, 0.2) is 42.5 Å². The number of hydrogen-bond donors (Lipinski definition) is 4. The van der Waals surface area contributed by atoms with E-state index in [1.54, 1.807) is 45.9 Å². The van der Waals surface area contributed by atoms with E-state index in [4.69, 9.17) is 22.1 Å². The molecule has 212 valence electrons. The highest BCUT2D eigenvalue weighted by Gasteiger charge is 2.36. The predicted molar refractivity (Wildman–Crippen MR) is 149 cm³/mol. The highest BCUT2D eigenvalue weighted by atomic mass is 35.5. The molecule has 2 aromatic carbocycles. The lowest BCUT2D eigenvalue weighted by Crippen LogP contribution is -2.52. The van der Waals surface area contributed by atoms with E-state index in [-0.39, 0.29) is 25.1 Å². The number of aryl methyl sites for hydroxylation is 1. The predicted octanol–water partition coefficient (Wildman–Crippen LogP) is 4.43. The second-order valence-electron chi connectivity index (χ2n) is 10.2. The first-order chi connectivity index (χ1) is 18.2. The summed E-state index contributed by atoms with van der Waals surface area (Å²) in [4.78, 5) is 53.2. The quantitative estimate of drug-likeness (QED) is 0.319. The van der Waals surface area contributed by atoms with Crippen LogP contribution in [0.1, 0.15) is 64.1 Å². The maximum Gasteiger partial charge on any atom is 0.408 e. The lowest BCUT2D eigenvalue weighted by Gasteiger charge is -2.34. The van der Waals surface area contributed by atoms with Gasteiger partial charge < -0.3 is 31.1 Å². The molecule has 0 heterocycles. The second kappa shape index (κ2) is 13.8. The summed E-state index contributed by atoms with van der Waals surface area (Å²) < 4.78 is 5.32. The minimum atomic E-state index is -1.20. The number of hydrogen-bond acceptors (Lipinski definition) is 6. The van der Waals surface area contributed by atoms with Crippen molar-refractivity contribution in [3.63, 3.8) is 0 Å². The van der Waals surface area contributed by atoms with Crippen LogP contribution in [0, 0.1) is 6.92 Å². The van der Waals surface area contributed by atoms with E-state index in [9.17, 15) is 24.3 Å². The van der Waals surface area contributed by atoms with Crippen molar-refractivity contribution in [2.45, 2.75) is 71.6 Å². The number of primary amides is 1. The van der Waals surface area contributed by atoms with Gasteiger partial charge in [-0.05, 0) is 69.9 Å². The number of aromatic hydroxyl groups is 1. The first-order valence-electron chi connectivity index (χ1n) is 12.7. The summed E-state index contributed by atoms with van der Waals surface area (Å²) in [5.74, 6) is -1.82. The van der Waals surface area contributed by atoms with Crippen LogP contribution < -0.4 is 16.4 Å². The zero-order valence-electron chi connectivity index (χ0n) is 22.9. The number of carbonyl (C=O) groups is 4. The number of rotatable bonds is 11. The number of para-hydroxylation sites is 1. The Balaban J connectivity index is 2.53. The van der Waals surface area contributed by atoms with E-state index in [0.29, 0.717) is 22.7 Å². The van der Waals surface area contributed by atoms with Gasteiger partial charge in [-0.3, -0.25) is 14.4 Å². The van der Waals surface area contributed by atoms with Crippen molar-refractivity contribution in [2.24, 2.45) is 5.73 Å². The van der Waals surface area contributed by atoms with E-state index in [1.807, 2.05) is 6.92 Å². The number of alkyl carbamates (subject to hydrolysis) is 1. The number of halogens is 1. The molecular weight excluding hydrogens is 524 g/mol. The highest BCUT2D eigenvalue weighted by molar-refractivity contribution is 6.34. The lowest BCUT2D eigenvalue weighted by molar-refractivity contribution is -0.141. The Bertz CT molecular complexity index is 1160. The van der Waals surface area contributed by atoms with Crippen molar-refractivity contribution in [2.75, 3.05) is 11.9 Å². The Morgan fingerprint density at radius 3 is 2.28 bits per heavy atom. The number of anilines is 1. The molecular formula is C28H37ClN4O6. The number of ether oxygens (including phenoxy) is 1. The average Bonchev–Trinajstić information content (AvgIpc) is 2.83. The molecule has 0 spiro atoms. The van der Waals surface area contributed by atoms with E-state index in [1.165, 1.54) is 29.2 Å².